The summed E-state index contributed by atoms with van der Waals surface area (Å²) in [6, 6.07) is 8.20. The first kappa shape index (κ1) is 26.8. The number of hydrogen-bond acceptors (Lipinski definition) is 6. The molecule has 1 amide bonds. The van der Waals surface area contributed by atoms with Crippen LogP contribution in [0.5, 0.6) is 5.75 Å². The molecule has 2 aliphatic heterocycles. The molecule has 6 rings (SSSR count). The van der Waals surface area contributed by atoms with Gasteiger partial charge in [-0.05, 0) is 67.1 Å². The van der Waals surface area contributed by atoms with Crippen molar-refractivity contribution in [1.29, 1.82) is 0 Å². The van der Waals surface area contributed by atoms with Crippen molar-refractivity contribution in [2.24, 2.45) is 13.0 Å². The molecule has 40 heavy (non-hydrogen) atoms. The largest absolute Gasteiger partial charge is 0.497 e. The number of methoxy groups -OCH3 is 1. The molecule has 212 valence electrons. The van der Waals surface area contributed by atoms with E-state index in [2.05, 4.69) is 22.4 Å². The first-order valence-corrected chi connectivity index (χ1v) is 13.5. The number of halogens is 3. The Kier molecular flexibility index (Phi) is 6.61. The van der Waals surface area contributed by atoms with Crippen molar-refractivity contribution in [2.45, 2.75) is 56.9 Å². The zero-order valence-corrected chi connectivity index (χ0v) is 22.7. The highest BCUT2D eigenvalue weighted by Gasteiger charge is 2.41. The van der Waals surface area contributed by atoms with Gasteiger partial charge in [-0.15, -0.1) is 10.2 Å². The Morgan fingerprint density at radius 1 is 1.20 bits per heavy atom. The van der Waals surface area contributed by atoms with Crippen molar-refractivity contribution in [3.8, 4) is 5.75 Å². The molecule has 3 heterocycles. The molecular weight excluding hydrogens is 523 g/mol. The van der Waals surface area contributed by atoms with Crippen molar-refractivity contribution < 1.29 is 27.4 Å². The first-order chi connectivity index (χ1) is 19.1. The smallest absolute Gasteiger partial charge is 0.416 e. The molecule has 0 spiro atoms. The third-order valence-corrected chi connectivity index (χ3v) is 8.56. The molecule has 1 aromatic heterocycles. The summed E-state index contributed by atoms with van der Waals surface area (Å²) in [5.74, 6) is 0.724. The van der Waals surface area contributed by atoms with Gasteiger partial charge in [-0.25, -0.2) is 0 Å². The number of nitrogens with one attached hydrogen (secondary N) is 1. The van der Waals surface area contributed by atoms with Crippen LogP contribution < -0.4 is 15.0 Å². The van der Waals surface area contributed by atoms with Crippen molar-refractivity contribution >= 4 is 11.6 Å². The van der Waals surface area contributed by atoms with Crippen LogP contribution in [0.1, 0.15) is 70.5 Å². The van der Waals surface area contributed by atoms with Gasteiger partial charge < -0.3 is 24.3 Å². The number of hydrogen-bond donors (Lipinski definition) is 1. The third kappa shape index (κ3) is 4.75. The average Bonchev–Trinajstić information content (AvgIpc) is 3.45. The summed E-state index contributed by atoms with van der Waals surface area (Å²) in [7, 11) is 3.39. The number of alkyl halides is 3. The van der Waals surface area contributed by atoms with Crippen LogP contribution in [0.4, 0.5) is 18.9 Å². The summed E-state index contributed by atoms with van der Waals surface area (Å²) in [6.45, 7) is 3.26. The minimum atomic E-state index is -4.59. The Bertz CT molecular complexity index is 1450. The van der Waals surface area contributed by atoms with Gasteiger partial charge >= 0.3 is 6.18 Å². The van der Waals surface area contributed by atoms with Crippen molar-refractivity contribution in [3.63, 3.8) is 0 Å². The second-order valence-electron chi connectivity index (χ2n) is 11.4. The average molecular weight is 556 g/mol. The summed E-state index contributed by atoms with van der Waals surface area (Å²) >= 11 is 0. The monoisotopic (exact) mass is 555 g/mol. The number of rotatable bonds is 8. The topological polar surface area (TPSA) is 81.5 Å². The van der Waals surface area contributed by atoms with E-state index in [1.807, 2.05) is 23.7 Å². The normalized spacial score (nSPS) is 19.2. The molecular formula is C29H32F3N5O3. The van der Waals surface area contributed by atoms with Gasteiger partial charge in [0, 0.05) is 42.4 Å². The van der Waals surface area contributed by atoms with Crippen molar-refractivity contribution in [1.82, 2.24) is 20.1 Å². The van der Waals surface area contributed by atoms with Crippen LogP contribution in [0.25, 0.3) is 0 Å². The molecule has 2 fully saturated rings. The fourth-order valence-corrected chi connectivity index (χ4v) is 5.94. The summed E-state index contributed by atoms with van der Waals surface area (Å²) in [6.07, 6.45) is 0.105. The quantitative estimate of drug-likeness (QED) is 0.430. The van der Waals surface area contributed by atoms with Crippen LogP contribution >= 0.6 is 0 Å². The van der Waals surface area contributed by atoms with E-state index < -0.39 is 17.6 Å². The molecule has 1 aliphatic carbocycles. The molecule has 0 bridgehead atoms. The van der Waals surface area contributed by atoms with Crippen molar-refractivity contribution in [3.05, 3.63) is 70.3 Å². The Balaban J connectivity index is 1.37. The van der Waals surface area contributed by atoms with E-state index in [-0.39, 0.29) is 41.6 Å². The number of amides is 1. The maximum absolute atomic E-state index is 14.3. The number of nitrogens with zero attached hydrogens (tertiary/aromatic N) is 4. The van der Waals surface area contributed by atoms with Gasteiger partial charge in [0.1, 0.15) is 17.9 Å². The molecule has 1 unspecified atom stereocenters. The van der Waals surface area contributed by atoms with E-state index in [9.17, 15) is 18.0 Å². The lowest BCUT2D eigenvalue weighted by atomic mass is 9.78. The molecule has 11 heteroatoms. The number of fused-ring (bicyclic) bond motifs is 1. The highest BCUT2D eigenvalue weighted by atomic mass is 19.4. The number of carbonyl (C=O) groups excluding carboxylic acids is 1. The number of carbonyl (C=O) groups is 1. The second kappa shape index (κ2) is 9.88. The maximum atomic E-state index is 14.3. The summed E-state index contributed by atoms with van der Waals surface area (Å²) < 4.78 is 55.6. The summed E-state index contributed by atoms with van der Waals surface area (Å²) in [4.78, 5) is 15.1. The van der Waals surface area contributed by atoms with E-state index in [0.29, 0.717) is 30.2 Å². The van der Waals surface area contributed by atoms with Gasteiger partial charge in [-0.1, -0.05) is 0 Å². The Morgan fingerprint density at radius 3 is 2.55 bits per heavy atom. The van der Waals surface area contributed by atoms with Gasteiger partial charge in [0.25, 0.3) is 5.91 Å². The van der Waals surface area contributed by atoms with Crippen LogP contribution in [0.15, 0.2) is 36.7 Å². The molecule has 1 atom stereocenters. The molecule has 1 saturated carbocycles. The van der Waals surface area contributed by atoms with E-state index >= 15 is 0 Å². The lowest BCUT2D eigenvalue weighted by molar-refractivity contribution is -0.138. The van der Waals surface area contributed by atoms with Crippen LogP contribution in [-0.4, -0.2) is 46.5 Å². The lowest BCUT2D eigenvalue weighted by Crippen LogP contribution is -2.47. The Labute approximate surface area is 230 Å². The number of aromatic nitrogens is 3. The number of aryl methyl sites for hydroxylation is 1. The molecule has 1 saturated heterocycles. The molecule has 3 aromatic rings. The summed E-state index contributed by atoms with van der Waals surface area (Å²) in [5, 5.41) is 11.7. The highest BCUT2D eigenvalue weighted by molar-refractivity contribution is 6.10. The fraction of sp³-hybridized carbons (Fsp3) is 0.483. The van der Waals surface area contributed by atoms with Crippen LogP contribution in [0, 0.1) is 5.92 Å². The molecule has 8 nitrogen and oxygen atoms in total. The van der Waals surface area contributed by atoms with Crippen molar-refractivity contribution in [2.75, 3.05) is 25.2 Å². The van der Waals surface area contributed by atoms with Gasteiger partial charge in [-0.3, -0.25) is 4.79 Å². The maximum Gasteiger partial charge on any atom is 0.416 e. The predicted molar refractivity (Wildman–Crippen MR) is 141 cm³/mol. The molecule has 2 aromatic carbocycles. The Hall–Kier alpha value is -3.44. The zero-order valence-electron chi connectivity index (χ0n) is 22.7. The molecule has 1 N–H and O–H groups in total. The second-order valence-corrected chi connectivity index (χ2v) is 11.4. The zero-order chi connectivity index (χ0) is 28.2. The SMILES string of the molecule is COc1cc(C(c2nncn2C)C2COC2)cc(N2Cc3c(cc(CNC4(C)CCC4)cc3C(F)(F)F)C2=O)c1. The standard InChI is InChI=1S/C29H32F3N5O3/c1-28(5-4-6-28)33-12-17-7-22-23(24(8-17)29(30,31)32)13-37(27(22)38)20-9-18(10-21(11-20)39-3)25(19-14-40-15-19)26-35-34-16-36(26)2/h7-11,16,19,25,33H,4-6,12-15H2,1-3H3. The van der Waals surface area contributed by atoms with Crippen LogP contribution in [0.2, 0.25) is 0 Å². The Morgan fingerprint density at radius 2 is 1.98 bits per heavy atom. The minimum absolute atomic E-state index is 0.00211. The van der Waals surface area contributed by atoms with Crippen LogP contribution in [-0.2, 0) is 31.1 Å². The third-order valence-electron chi connectivity index (χ3n) is 8.56. The molecule has 3 aliphatic rings. The van der Waals surface area contributed by atoms with E-state index in [1.54, 1.807) is 18.5 Å². The van der Waals surface area contributed by atoms with E-state index in [0.717, 1.165) is 30.7 Å². The van der Waals surface area contributed by atoms with Gasteiger partial charge in [0.15, 0.2) is 0 Å². The van der Waals surface area contributed by atoms with Gasteiger partial charge in [0.2, 0.25) is 0 Å². The number of benzene rings is 2. The van der Waals surface area contributed by atoms with E-state index in [4.69, 9.17) is 9.47 Å². The van der Waals surface area contributed by atoms with Gasteiger partial charge in [-0.2, -0.15) is 13.2 Å². The van der Waals surface area contributed by atoms with E-state index in [1.165, 1.54) is 18.1 Å². The highest BCUT2D eigenvalue weighted by Crippen LogP contribution is 2.43. The fourth-order valence-electron chi connectivity index (χ4n) is 5.94. The lowest BCUT2D eigenvalue weighted by Gasteiger charge is -2.39. The number of ether oxygens (including phenoxy) is 2. The van der Waals surface area contributed by atoms with Crippen LogP contribution in [0.3, 0.4) is 0 Å². The van der Waals surface area contributed by atoms with Gasteiger partial charge in [0.05, 0.1) is 38.3 Å². The first-order valence-electron chi connectivity index (χ1n) is 13.5. The predicted octanol–water partition coefficient (Wildman–Crippen LogP) is 4.81. The summed E-state index contributed by atoms with van der Waals surface area (Å²) in [5.41, 5.74) is 1.01. The minimum Gasteiger partial charge on any atom is -0.497 e. The number of anilines is 1. The molecule has 0 radical (unpaired) electrons.